The van der Waals surface area contributed by atoms with Gasteiger partial charge in [-0.25, -0.2) is 8.42 Å². The number of rotatable bonds is 3. The van der Waals surface area contributed by atoms with Gasteiger partial charge in [0.05, 0.1) is 10.8 Å². The fourth-order valence-corrected chi connectivity index (χ4v) is 4.10. The second-order valence-corrected chi connectivity index (χ2v) is 6.98. The summed E-state index contributed by atoms with van der Waals surface area (Å²) >= 11 is 0. The molecule has 110 valence electrons. The van der Waals surface area contributed by atoms with Gasteiger partial charge in [-0.15, -0.1) is 0 Å². The van der Waals surface area contributed by atoms with Gasteiger partial charge in [-0.1, -0.05) is 0 Å². The van der Waals surface area contributed by atoms with Crippen LogP contribution in [0.25, 0.3) is 0 Å². The SMILES string of the molecule is CC1CCC(C(N)=O)CN1S(=O)(=O)c1ccc(O)cc1. The number of nitrogens with two attached hydrogens (primary N) is 1. The summed E-state index contributed by atoms with van der Waals surface area (Å²) in [6.45, 7) is 1.93. The molecular formula is C13H18N2O4S. The number of hydrogen-bond acceptors (Lipinski definition) is 4. The van der Waals surface area contributed by atoms with E-state index in [1.165, 1.54) is 28.6 Å². The van der Waals surface area contributed by atoms with Crippen molar-refractivity contribution in [1.29, 1.82) is 0 Å². The van der Waals surface area contributed by atoms with Gasteiger partial charge in [0.15, 0.2) is 0 Å². The summed E-state index contributed by atoms with van der Waals surface area (Å²) in [5.41, 5.74) is 5.28. The van der Waals surface area contributed by atoms with Crippen molar-refractivity contribution in [3.05, 3.63) is 24.3 Å². The van der Waals surface area contributed by atoms with Crippen LogP contribution in [0, 0.1) is 5.92 Å². The molecule has 1 amide bonds. The Morgan fingerprint density at radius 2 is 1.90 bits per heavy atom. The van der Waals surface area contributed by atoms with Gasteiger partial charge in [0.2, 0.25) is 15.9 Å². The standard InChI is InChI=1S/C13H18N2O4S/c1-9-2-3-10(13(14)17)8-15(9)20(18,19)12-6-4-11(16)5-7-12/h4-7,9-10,16H,2-3,8H2,1H3,(H2,14,17). The molecule has 0 spiro atoms. The topological polar surface area (TPSA) is 101 Å². The summed E-state index contributed by atoms with van der Waals surface area (Å²) in [4.78, 5) is 11.4. The third kappa shape index (κ3) is 2.78. The van der Waals surface area contributed by atoms with E-state index in [0.29, 0.717) is 12.8 Å². The van der Waals surface area contributed by atoms with Gasteiger partial charge in [-0.05, 0) is 44.0 Å². The molecule has 0 saturated carbocycles. The summed E-state index contributed by atoms with van der Waals surface area (Å²) in [5.74, 6) is -0.911. The highest BCUT2D eigenvalue weighted by atomic mass is 32.2. The van der Waals surface area contributed by atoms with E-state index in [1.54, 1.807) is 0 Å². The van der Waals surface area contributed by atoms with Gasteiger partial charge < -0.3 is 10.8 Å². The first kappa shape index (κ1) is 14.8. The first-order valence-electron chi connectivity index (χ1n) is 6.42. The number of carbonyl (C=O) groups excluding carboxylic acids is 1. The predicted octanol–water partition coefficient (Wildman–Crippen LogP) is 0.667. The number of aromatic hydroxyl groups is 1. The smallest absolute Gasteiger partial charge is 0.243 e. The molecule has 0 aromatic heterocycles. The Morgan fingerprint density at radius 3 is 2.45 bits per heavy atom. The Labute approximate surface area is 118 Å². The lowest BCUT2D eigenvalue weighted by atomic mass is 9.95. The molecule has 2 unspecified atom stereocenters. The maximum atomic E-state index is 12.6. The van der Waals surface area contributed by atoms with E-state index < -0.39 is 21.8 Å². The minimum Gasteiger partial charge on any atom is -0.508 e. The van der Waals surface area contributed by atoms with Crippen molar-refractivity contribution >= 4 is 15.9 Å². The lowest BCUT2D eigenvalue weighted by Gasteiger charge is -2.35. The van der Waals surface area contributed by atoms with Crippen molar-refractivity contribution < 1.29 is 18.3 Å². The molecule has 2 rings (SSSR count). The molecule has 20 heavy (non-hydrogen) atoms. The number of sulfonamides is 1. The molecule has 2 atom stereocenters. The zero-order valence-electron chi connectivity index (χ0n) is 11.2. The second-order valence-electron chi connectivity index (χ2n) is 5.09. The van der Waals surface area contributed by atoms with Crippen LogP contribution >= 0.6 is 0 Å². The van der Waals surface area contributed by atoms with Gasteiger partial charge in [0, 0.05) is 12.6 Å². The van der Waals surface area contributed by atoms with Crippen LogP contribution in [0.4, 0.5) is 0 Å². The number of primary amides is 1. The van der Waals surface area contributed by atoms with Gasteiger partial charge in [-0.3, -0.25) is 4.79 Å². The molecule has 1 fully saturated rings. The Hall–Kier alpha value is -1.60. The van der Waals surface area contributed by atoms with Crippen molar-refractivity contribution in [3.63, 3.8) is 0 Å². The van der Waals surface area contributed by atoms with Crippen LogP contribution in [0.2, 0.25) is 0 Å². The molecule has 1 aromatic rings. The third-order valence-corrected chi connectivity index (χ3v) is 5.66. The maximum Gasteiger partial charge on any atom is 0.243 e. The zero-order valence-corrected chi connectivity index (χ0v) is 12.0. The average molecular weight is 298 g/mol. The summed E-state index contributed by atoms with van der Waals surface area (Å²) in [6.07, 6.45) is 1.21. The van der Waals surface area contributed by atoms with Gasteiger partial charge in [0.25, 0.3) is 0 Å². The van der Waals surface area contributed by atoms with Crippen LogP contribution < -0.4 is 5.73 Å². The molecule has 3 N–H and O–H groups in total. The van der Waals surface area contributed by atoms with Crippen molar-refractivity contribution in [2.45, 2.75) is 30.7 Å². The number of carbonyl (C=O) groups is 1. The Balaban J connectivity index is 2.31. The highest BCUT2D eigenvalue weighted by Gasteiger charge is 2.36. The van der Waals surface area contributed by atoms with Crippen molar-refractivity contribution in [2.75, 3.05) is 6.54 Å². The monoisotopic (exact) mass is 298 g/mol. The van der Waals surface area contributed by atoms with Gasteiger partial charge in [-0.2, -0.15) is 4.31 Å². The first-order valence-corrected chi connectivity index (χ1v) is 7.86. The molecule has 0 bridgehead atoms. The van der Waals surface area contributed by atoms with Crippen molar-refractivity contribution in [3.8, 4) is 5.75 Å². The maximum absolute atomic E-state index is 12.6. The number of phenolic OH excluding ortho intramolecular Hbond substituents is 1. The molecule has 1 saturated heterocycles. The minimum absolute atomic E-state index is 0.00524. The van der Waals surface area contributed by atoms with Crippen LogP contribution in [0.5, 0.6) is 5.75 Å². The number of amides is 1. The number of benzene rings is 1. The number of hydrogen-bond donors (Lipinski definition) is 2. The first-order chi connectivity index (χ1) is 9.32. The fourth-order valence-electron chi connectivity index (χ4n) is 2.40. The fraction of sp³-hybridized carbons (Fsp3) is 0.462. The molecule has 1 aliphatic heterocycles. The van der Waals surface area contributed by atoms with Crippen LogP contribution in [-0.4, -0.2) is 36.3 Å². The van der Waals surface area contributed by atoms with Crippen molar-refractivity contribution in [2.24, 2.45) is 11.7 Å². The summed E-state index contributed by atoms with van der Waals surface area (Å²) in [5, 5.41) is 9.23. The summed E-state index contributed by atoms with van der Waals surface area (Å²) in [6, 6.07) is 5.18. The van der Waals surface area contributed by atoms with Crippen LogP contribution in [0.1, 0.15) is 19.8 Å². The zero-order chi connectivity index (χ0) is 14.9. The molecule has 0 radical (unpaired) electrons. The summed E-state index contributed by atoms with van der Waals surface area (Å²) in [7, 11) is -3.68. The minimum atomic E-state index is -3.68. The van der Waals surface area contributed by atoms with Crippen LogP contribution in [0.3, 0.4) is 0 Å². The Morgan fingerprint density at radius 1 is 1.30 bits per heavy atom. The van der Waals surface area contributed by atoms with Crippen LogP contribution in [-0.2, 0) is 14.8 Å². The molecule has 1 heterocycles. The van der Waals surface area contributed by atoms with E-state index in [4.69, 9.17) is 5.73 Å². The lowest BCUT2D eigenvalue weighted by molar-refractivity contribution is -0.123. The number of piperidine rings is 1. The Kier molecular flexibility index (Phi) is 4.01. The predicted molar refractivity (Wildman–Crippen MR) is 73.4 cm³/mol. The quantitative estimate of drug-likeness (QED) is 0.856. The average Bonchev–Trinajstić information content (AvgIpc) is 2.39. The lowest BCUT2D eigenvalue weighted by Crippen LogP contribution is -2.48. The molecule has 6 nitrogen and oxygen atoms in total. The second kappa shape index (κ2) is 5.41. The van der Waals surface area contributed by atoms with Gasteiger partial charge >= 0.3 is 0 Å². The van der Waals surface area contributed by atoms with E-state index in [9.17, 15) is 18.3 Å². The van der Waals surface area contributed by atoms with E-state index in [2.05, 4.69) is 0 Å². The van der Waals surface area contributed by atoms with E-state index in [0.717, 1.165) is 0 Å². The number of phenols is 1. The van der Waals surface area contributed by atoms with E-state index >= 15 is 0 Å². The third-order valence-electron chi connectivity index (χ3n) is 3.67. The van der Waals surface area contributed by atoms with Crippen molar-refractivity contribution in [1.82, 2.24) is 4.31 Å². The summed E-state index contributed by atoms with van der Waals surface area (Å²) < 4.78 is 26.5. The molecule has 1 aliphatic rings. The highest BCUT2D eigenvalue weighted by Crippen LogP contribution is 2.28. The largest absolute Gasteiger partial charge is 0.508 e. The molecule has 1 aromatic carbocycles. The van der Waals surface area contributed by atoms with Crippen LogP contribution in [0.15, 0.2) is 29.2 Å². The molecule has 0 aliphatic carbocycles. The number of nitrogens with zero attached hydrogens (tertiary/aromatic N) is 1. The highest BCUT2D eigenvalue weighted by molar-refractivity contribution is 7.89. The normalized spacial score (nSPS) is 24.4. The van der Waals surface area contributed by atoms with E-state index in [-0.39, 0.29) is 23.2 Å². The van der Waals surface area contributed by atoms with Gasteiger partial charge in [0.1, 0.15) is 5.75 Å². The molecular weight excluding hydrogens is 280 g/mol. The Bertz CT molecular complexity index is 597. The van der Waals surface area contributed by atoms with E-state index in [1.807, 2.05) is 6.92 Å². The molecule has 7 heteroatoms.